The predicted octanol–water partition coefficient (Wildman–Crippen LogP) is 0.554. The molecule has 0 bridgehead atoms. The van der Waals surface area contributed by atoms with Crippen LogP contribution in [0.4, 0.5) is 4.39 Å². The van der Waals surface area contributed by atoms with Gasteiger partial charge in [-0.25, -0.2) is 4.39 Å². The molecule has 1 saturated heterocycles. The van der Waals surface area contributed by atoms with E-state index < -0.39 is 0 Å². The van der Waals surface area contributed by atoms with Gasteiger partial charge in [-0.05, 0) is 17.7 Å². The first-order valence-electron chi connectivity index (χ1n) is 6.03. The maximum absolute atomic E-state index is 13.0. The van der Waals surface area contributed by atoms with Crippen molar-refractivity contribution in [3.8, 4) is 0 Å². The molecular weight excluding hydrogens is 235 g/mol. The van der Waals surface area contributed by atoms with Gasteiger partial charge in [0.2, 0.25) is 5.91 Å². The van der Waals surface area contributed by atoms with E-state index in [4.69, 9.17) is 10.5 Å². The highest BCUT2D eigenvalue weighted by Gasteiger charge is 2.23. The Morgan fingerprint density at radius 1 is 1.56 bits per heavy atom. The van der Waals surface area contributed by atoms with Crippen LogP contribution in [0.1, 0.15) is 5.56 Å². The van der Waals surface area contributed by atoms with Crippen LogP contribution in [0, 0.1) is 5.82 Å². The van der Waals surface area contributed by atoms with Gasteiger partial charge in [0.15, 0.2) is 0 Å². The largest absolute Gasteiger partial charge is 0.373 e. The summed E-state index contributed by atoms with van der Waals surface area (Å²) in [4.78, 5) is 13.8. The van der Waals surface area contributed by atoms with E-state index in [0.29, 0.717) is 31.8 Å². The van der Waals surface area contributed by atoms with Crippen LogP contribution in [0.25, 0.3) is 0 Å². The molecule has 18 heavy (non-hydrogen) atoms. The van der Waals surface area contributed by atoms with Gasteiger partial charge in [-0.15, -0.1) is 0 Å². The number of carbonyl (C=O) groups excluding carboxylic acids is 1. The van der Waals surface area contributed by atoms with Crippen molar-refractivity contribution >= 4 is 5.91 Å². The summed E-state index contributed by atoms with van der Waals surface area (Å²) in [6.45, 7) is 2.01. The molecule has 1 aliphatic rings. The predicted molar refractivity (Wildman–Crippen MR) is 65.5 cm³/mol. The molecule has 1 fully saturated rings. The van der Waals surface area contributed by atoms with Crippen molar-refractivity contribution in [3.05, 3.63) is 35.6 Å². The normalized spacial score (nSPS) is 19.9. The summed E-state index contributed by atoms with van der Waals surface area (Å²) < 4.78 is 18.4. The van der Waals surface area contributed by atoms with Crippen LogP contribution in [0.3, 0.4) is 0 Å². The van der Waals surface area contributed by atoms with E-state index in [9.17, 15) is 9.18 Å². The number of ether oxygens (including phenoxy) is 1. The number of morpholine rings is 1. The lowest BCUT2D eigenvalue weighted by Crippen LogP contribution is -2.48. The average molecular weight is 252 g/mol. The van der Waals surface area contributed by atoms with Crippen LogP contribution < -0.4 is 5.73 Å². The van der Waals surface area contributed by atoms with E-state index in [1.54, 1.807) is 17.0 Å². The van der Waals surface area contributed by atoms with Gasteiger partial charge >= 0.3 is 0 Å². The Bertz CT molecular complexity index is 425. The molecule has 2 rings (SSSR count). The Balaban J connectivity index is 1.95. The van der Waals surface area contributed by atoms with Crippen molar-refractivity contribution in [2.75, 3.05) is 26.2 Å². The number of benzene rings is 1. The second-order valence-corrected chi connectivity index (χ2v) is 4.37. The molecule has 1 unspecified atom stereocenters. The molecule has 4 nitrogen and oxygen atoms in total. The molecule has 1 heterocycles. The minimum atomic E-state index is -0.317. The van der Waals surface area contributed by atoms with Crippen LogP contribution in [0.15, 0.2) is 24.3 Å². The molecule has 0 spiro atoms. The number of hydrogen-bond acceptors (Lipinski definition) is 3. The number of nitrogens with two attached hydrogens (primary N) is 1. The summed E-state index contributed by atoms with van der Waals surface area (Å²) in [7, 11) is 0. The lowest BCUT2D eigenvalue weighted by Gasteiger charge is -2.32. The first kappa shape index (κ1) is 13.0. The Hall–Kier alpha value is -1.46. The summed E-state index contributed by atoms with van der Waals surface area (Å²) >= 11 is 0. The molecule has 98 valence electrons. The minimum Gasteiger partial charge on any atom is -0.373 e. The van der Waals surface area contributed by atoms with Gasteiger partial charge in [0.25, 0.3) is 0 Å². The molecule has 1 amide bonds. The number of amides is 1. The van der Waals surface area contributed by atoms with Gasteiger partial charge in [-0.1, -0.05) is 12.1 Å². The zero-order valence-corrected chi connectivity index (χ0v) is 10.1. The summed E-state index contributed by atoms with van der Waals surface area (Å²) in [5.74, 6) is -0.329. The third-order valence-corrected chi connectivity index (χ3v) is 3.00. The fourth-order valence-corrected chi connectivity index (χ4v) is 2.02. The standard InChI is InChI=1S/C13H17FN2O2/c14-11-3-1-2-10(6-11)7-13(17)16-4-5-18-12(8-15)9-16/h1-3,6,12H,4-5,7-9,15H2. The number of rotatable bonds is 3. The summed E-state index contributed by atoms with van der Waals surface area (Å²) in [5, 5.41) is 0. The molecular formula is C13H17FN2O2. The maximum atomic E-state index is 13.0. The van der Waals surface area contributed by atoms with Crippen molar-refractivity contribution < 1.29 is 13.9 Å². The zero-order valence-electron chi connectivity index (χ0n) is 10.1. The third kappa shape index (κ3) is 3.27. The van der Waals surface area contributed by atoms with E-state index in [1.165, 1.54) is 12.1 Å². The van der Waals surface area contributed by atoms with E-state index in [0.717, 1.165) is 0 Å². The smallest absolute Gasteiger partial charge is 0.227 e. The van der Waals surface area contributed by atoms with Crippen LogP contribution in [0.2, 0.25) is 0 Å². The quantitative estimate of drug-likeness (QED) is 0.855. The SMILES string of the molecule is NCC1CN(C(=O)Cc2cccc(F)c2)CCO1. The number of nitrogens with zero attached hydrogens (tertiary/aromatic N) is 1. The zero-order chi connectivity index (χ0) is 13.0. The number of hydrogen-bond donors (Lipinski definition) is 1. The molecule has 0 aromatic heterocycles. The van der Waals surface area contributed by atoms with Gasteiger partial charge in [-0.3, -0.25) is 4.79 Å². The van der Waals surface area contributed by atoms with Crippen molar-refractivity contribution in [1.82, 2.24) is 4.90 Å². The molecule has 2 N–H and O–H groups in total. The molecule has 0 saturated carbocycles. The lowest BCUT2D eigenvalue weighted by atomic mass is 10.1. The second kappa shape index (κ2) is 5.93. The first-order valence-corrected chi connectivity index (χ1v) is 6.03. The van der Waals surface area contributed by atoms with E-state index in [-0.39, 0.29) is 24.2 Å². The molecule has 1 aromatic carbocycles. The molecule has 1 aliphatic heterocycles. The monoisotopic (exact) mass is 252 g/mol. The Morgan fingerprint density at radius 3 is 3.11 bits per heavy atom. The summed E-state index contributed by atoms with van der Waals surface area (Å²) in [6.07, 6.45) is 0.130. The Morgan fingerprint density at radius 2 is 2.39 bits per heavy atom. The van der Waals surface area contributed by atoms with Gasteiger partial charge in [0.1, 0.15) is 5.82 Å². The van der Waals surface area contributed by atoms with E-state index in [2.05, 4.69) is 0 Å². The van der Waals surface area contributed by atoms with Gasteiger partial charge in [0, 0.05) is 19.6 Å². The van der Waals surface area contributed by atoms with Gasteiger partial charge in [-0.2, -0.15) is 0 Å². The van der Waals surface area contributed by atoms with Crippen LogP contribution in [-0.2, 0) is 16.0 Å². The summed E-state index contributed by atoms with van der Waals surface area (Å²) in [5.41, 5.74) is 6.22. The molecule has 5 heteroatoms. The second-order valence-electron chi connectivity index (χ2n) is 4.37. The first-order chi connectivity index (χ1) is 8.69. The topological polar surface area (TPSA) is 55.6 Å². The number of carbonyl (C=O) groups is 1. The van der Waals surface area contributed by atoms with E-state index >= 15 is 0 Å². The number of halogens is 1. The minimum absolute atomic E-state index is 0.0117. The fourth-order valence-electron chi connectivity index (χ4n) is 2.02. The van der Waals surface area contributed by atoms with Crippen molar-refractivity contribution in [3.63, 3.8) is 0 Å². The van der Waals surface area contributed by atoms with Gasteiger partial charge in [0.05, 0.1) is 19.1 Å². The van der Waals surface area contributed by atoms with Gasteiger partial charge < -0.3 is 15.4 Å². The molecule has 0 aliphatic carbocycles. The lowest BCUT2D eigenvalue weighted by molar-refractivity contribution is -0.137. The average Bonchev–Trinajstić information content (AvgIpc) is 2.39. The maximum Gasteiger partial charge on any atom is 0.227 e. The fraction of sp³-hybridized carbons (Fsp3) is 0.462. The Kier molecular flexibility index (Phi) is 4.28. The van der Waals surface area contributed by atoms with Crippen molar-refractivity contribution in [2.24, 2.45) is 5.73 Å². The third-order valence-electron chi connectivity index (χ3n) is 3.00. The highest BCUT2D eigenvalue weighted by atomic mass is 19.1. The summed E-state index contributed by atoms with van der Waals surface area (Å²) in [6, 6.07) is 6.12. The highest BCUT2D eigenvalue weighted by molar-refractivity contribution is 5.78. The molecule has 0 radical (unpaired) electrons. The van der Waals surface area contributed by atoms with Crippen LogP contribution in [0.5, 0.6) is 0 Å². The molecule has 1 aromatic rings. The van der Waals surface area contributed by atoms with Crippen LogP contribution in [-0.4, -0.2) is 43.2 Å². The Labute approximate surface area is 106 Å². The van der Waals surface area contributed by atoms with E-state index in [1.807, 2.05) is 0 Å². The molecule has 1 atom stereocenters. The van der Waals surface area contributed by atoms with Crippen molar-refractivity contribution in [1.29, 1.82) is 0 Å². The van der Waals surface area contributed by atoms with Crippen LogP contribution >= 0.6 is 0 Å². The highest BCUT2D eigenvalue weighted by Crippen LogP contribution is 2.09. The van der Waals surface area contributed by atoms with Crippen molar-refractivity contribution in [2.45, 2.75) is 12.5 Å².